The van der Waals surface area contributed by atoms with E-state index in [1.807, 2.05) is 12.1 Å². The van der Waals surface area contributed by atoms with Crippen LogP contribution in [0.4, 0.5) is 0 Å². The van der Waals surface area contributed by atoms with Crippen LogP contribution in [0.25, 0.3) is 10.4 Å². The summed E-state index contributed by atoms with van der Waals surface area (Å²) >= 11 is 0. The second kappa shape index (κ2) is 6.94. The topological polar surface area (TPSA) is 67.2 Å². The molecule has 0 radical (unpaired) electrons. The Morgan fingerprint density at radius 2 is 2.00 bits per heavy atom. The van der Waals surface area contributed by atoms with Crippen molar-refractivity contribution in [2.75, 3.05) is 19.8 Å². The van der Waals surface area contributed by atoms with E-state index in [0.717, 1.165) is 5.56 Å². The summed E-state index contributed by atoms with van der Waals surface area (Å²) in [6, 6.07) is 8.09. The maximum atomic E-state index is 8.80. The molecule has 21 heavy (non-hydrogen) atoms. The number of azide groups is 1. The standard InChI is InChI=1S/C16H23N3O2/c1-16(2,3)13-6-4-12(5-7-13)15(18-19-17)10-14-11-20-8-9-21-14/h4-7,14-15H,8-11H2,1-3H3. The summed E-state index contributed by atoms with van der Waals surface area (Å²) in [5, 5.41) is 3.93. The third-order valence-corrected chi connectivity index (χ3v) is 3.72. The first kappa shape index (κ1) is 15.8. The van der Waals surface area contributed by atoms with E-state index in [0.29, 0.717) is 26.2 Å². The molecule has 2 rings (SSSR count). The fourth-order valence-corrected chi connectivity index (χ4v) is 2.44. The average molecular weight is 289 g/mol. The van der Waals surface area contributed by atoms with Crippen molar-refractivity contribution in [1.82, 2.24) is 0 Å². The molecule has 1 aromatic rings. The molecule has 1 saturated heterocycles. The SMILES string of the molecule is CC(C)(C)c1ccc(C(CC2COCCO2)N=[N+]=[N-])cc1. The van der Waals surface area contributed by atoms with E-state index < -0.39 is 0 Å². The summed E-state index contributed by atoms with van der Waals surface area (Å²) < 4.78 is 11.0. The van der Waals surface area contributed by atoms with Gasteiger partial charge in [0.2, 0.25) is 0 Å². The van der Waals surface area contributed by atoms with Crippen LogP contribution in [0.5, 0.6) is 0 Å². The lowest BCUT2D eigenvalue weighted by atomic mass is 9.86. The van der Waals surface area contributed by atoms with Gasteiger partial charge in [-0.3, -0.25) is 0 Å². The third-order valence-electron chi connectivity index (χ3n) is 3.72. The zero-order valence-corrected chi connectivity index (χ0v) is 13.0. The molecular formula is C16H23N3O2. The largest absolute Gasteiger partial charge is 0.376 e. The summed E-state index contributed by atoms with van der Waals surface area (Å²) in [5.74, 6) is 0. The van der Waals surface area contributed by atoms with E-state index in [9.17, 15) is 0 Å². The molecule has 0 saturated carbocycles. The van der Waals surface area contributed by atoms with Crippen molar-refractivity contribution in [2.24, 2.45) is 5.11 Å². The van der Waals surface area contributed by atoms with Crippen LogP contribution in [0.3, 0.4) is 0 Å². The van der Waals surface area contributed by atoms with Crippen molar-refractivity contribution in [2.45, 2.75) is 44.8 Å². The van der Waals surface area contributed by atoms with Gasteiger partial charge >= 0.3 is 0 Å². The summed E-state index contributed by atoms with van der Waals surface area (Å²) in [7, 11) is 0. The Kier molecular flexibility index (Phi) is 5.23. The van der Waals surface area contributed by atoms with Crippen molar-refractivity contribution in [3.63, 3.8) is 0 Å². The minimum atomic E-state index is -0.212. The Balaban J connectivity index is 2.12. The first-order valence-electron chi connectivity index (χ1n) is 7.34. The molecular weight excluding hydrogens is 266 g/mol. The van der Waals surface area contributed by atoms with Gasteiger partial charge in [-0.1, -0.05) is 50.2 Å². The van der Waals surface area contributed by atoms with Crippen molar-refractivity contribution in [3.05, 3.63) is 45.8 Å². The summed E-state index contributed by atoms with van der Waals surface area (Å²) in [4.78, 5) is 2.98. The van der Waals surface area contributed by atoms with Crippen LogP contribution in [-0.4, -0.2) is 25.9 Å². The van der Waals surface area contributed by atoms with Gasteiger partial charge in [0.05, 0.1) is 32.0 Å². The molecule has 1 aliphatic heterocycles. The van der Waals surface area contributed by atoms with Gasteiger partial charge in [0.15, 0.2) is 0 Å². The Labute approximate surface area is 125 Å². The highest BCUT2D eigenvalue weighted by Crippen LogP contribution is 2.28. The molecule has 0 amide bonds. The van der Waals surface area contributed by atoms with E-state index in [-0.39, 0.29) is 17.6 Å². The predicted octanol–water partition coefficient (Wildman–Crippen LogP) is 4.14. The number of nitrogens with zero attached hydrogens (tertiary/aromatic N) is 3. The van der Waals surface area contributed by atoms with Gasteiger partial charge in [0, 0.05) is 4.91 Å². The molecule has 2 atom stereocenters. The zero-order chi connectivity index (χ0) is 15.3. The van der Waals surface area contributed by atoms with Gasteiger partial charge in [-0.25, -0.2) is 0 Å². The molecule has 114 valence electrons. The van der Waals surface area contributed by atoms with E-state index in [1.165, 1.54) is 5.56 Å². The van der Waals surface area contributed by atoms with Crippen LogP contribution in [0, 0.1) is 0 Å². The zero-order valence-electron chi connectivity index (χ0n) is 13.0. The third kappa shape index (κ3) is 4.46. The van der Waals surface area contributed by atoms with Crippen LogP contribution in [0.1, 0.15) is 44.4 Å². The molecule has 0 bridgehead atoms. The average Bonchev–Trinajstić information content (AvgIpc) is 2.47. The van der Waals surface area contributed by atoms with Gasteiger partial charge in [0.25, 0.3) is 0 Å². The summed E-state index contributed by atoms with van der Waals surface area (Å²) in [6.07, 6.45) is 0.649. The fraction of sp³-hybridized carbons (Fsp3) is 0.625. The van der Waals surface area contributed by atoms with Crippen molar-refractivity contribution in [1.29, 1.82) is 0 Å². The van der Waals surface area contributed by atoms with E-state index in [2.05, 4.69) is 42.9 Å². The first-order valence-corrected chi connectivity index (χ1v) is 7.34. The monoisotopic (exact) mass is 289 g/mol. The highest BCUT2D eigenvalue weighted by atomic mass is 16.6. The number of rotatable bonds is 4. The summed E-state index contributed by atoms with van der Waals surface area (Å²) in [5.41, 5.74) is 11.2. The minimum Gasteiger partial charge on any atom is -0.376 e. The molecule has 1 fully saturated rings. The van der Waals surface area contributed by atoms with Crippen LogP contribution in [0.15, 0.2) is 29.4 Å². The Bertz CT molecular complexity index is 495. The lowest BCUT2D eigenvalue weighted by Gasteiger charge is -2.26. The Hall–Kier alpha value is -1.55. The van der Waals surface area contributed by atoms with Gasteiger partial charge in [-0.2, -0.15) is 0 Å². The van der Waals surface area contributed by atoms with Crippen molar-refractivity contribution >= 4 is 0 Å². The van der Waals surface area contributed by atoms with E-state index in [1.54, 1.807) is 0 Å². The molecule has 1 aliphatic rings. The highest BCUT2D eigenvalue weighted by molar-refractivity contribution is 5.29. The maximum absolute atomic E-state index is 8.80. The minimum absolute atomic E-state index is 0.00320. The molecule has 2 unspecified atom stereocenters. The molecule has 0 aromatic heterocycles. The van der Waals surface area contributed by atoms with Crippen molar-refractivity contribution in [3.8, 4) is 0 Å². The number of benzene rings is 1. The van der Waals surface area contributed by atoms with Gasteiger partial charge in [-0.05, 0) is 28.5 Å². The Morgan fingerprint density at radius 3 is 2.52 bits per heavy atom. The maximum Gasteiger partial charge on any atom is 0.0816 e. The molecule has 5 heteroatoms. The molecule has 5 nitrogen and oxygen atoms in total. The van der Waals surface area contributed by atoms with Crippen molar-refractivity contribution < 1.29 is 9.47 Å². The molecule has 0 spiro atoms. The fourth-order valence-electron chi connectivity index (χ4n) is 2.44. The van der Waals surface area contributed by atoms with E-state index >= 15 is 0 Å². The normalized spacial score (nSPS) is 20.6. The number of ether oxygens (including phenoxy) is 2. The smallest absolute Gasteiger partial charge is 0.0816 e. The van der Waals surface area contributed by atoms with Gasteiger partial charge in [-0.15, -0.1) is 0 Å². The first-order chi connectivity index (χ1) is 10.0. The van der Waals surface area contributed by atoms with Crippen LogP contribution >= 0.6 is 0 Å². The van der Waals surface area contributed by atoms with Crippen LogP contribution < -0.4 is 0 Å². The molecule has 1 aromatic carbocycles. The molecule has 0 N–H and O–H groups in total. The predicted molar refractivity (Wildman–Crippen MR) is 82.2 cm³/mol. The van der Waals surface area contributed by atoms with Crippen LogP contribution in [0.2, 0.25) is 0 Å². The quantitative estimate of drug-likeness (QED) is 0.475. The van der Waals surface area contributed by atoms with E-state index in [4.69, 9.17) is 15.0 Å². The second-order valence-corrected chi connectivity index (χ2v) is 6.40. The lowest BCUT2D eigenvalue weighted by molar-refractivity contribution is -0.0926. The number of hydrogen-bond donors (Lipinski definition) is 0. The van der Waals surface area contributed by atoms with Crippen LogP contribution in [-0.2, 0) is 14.9 Å². The molecule has 0 aliphatic carbocycles. The Morgan fingerprint density at radius 1 is 1.29 bits per heavy atom. The second-order valence-electron chi connectivity index (χ2n) is 6.40. The number of hydrogen-bond acceptors (Lipinski definition) is 3. The molecule has 1 heterocycles. The lowest BCUT2D eigenvalue weighted by Crippen LogP contribution is -2.29. The highest BCUT2D eigenvalue weighted by Gasteiger charge is 2.21. The van der Waals surface area contributed by atoms with Gasteiger partial charge < -0.3 is 9.47 Å². The van der Waals surface area contributed by atoms with Gasteiger partial charge in [0.1, 0.15) is 0 Å². The summed E-state index contributed by atoms with van der Waals surface area (Å²) in [6.45, 7) is 8.36.